The third-order valence-corrected chi connectivity index (χ3v) is 5.25. The van der Waals surface area contributed by atoms with Crippen LogP contribution >= 0.6 is 11.8 Å². The van der Waals surface area contributed by atoms with E-state index in [1.165, 1.54) is 23.9 Å². The van der Waals surface area contributed by atoms with Crippen LogP contribution in [-0.4, -0.2) is 31.3 Å². The molecule has 2 aromatic rings. The zero-order chi connectivity index (χ0) is 20.1. The van der Waals surface area contributed by atoms with Gasteiger partial charge in [0.15, 0.2) is 5.17 Å². The molecule has 0 bridgehead atoms. The summed E-state index contributed by atoms with van der Waals surface area (Å²) < 4.78 is 18.5. The molecule has 1 amide bonds. The molecule has 1 saturated heterocycles. The van der Waals surface area contributed by atoms with Crippen molar-refractivity contribution in [2.24, 2.45) is 4.99 Å². The van der Waals surface area contributed by atoms with E-state index in [9.17, 15) is 9.18 Å². The van der Waals surface area contributed by atoms with Crippen LogP contribution in [0.15, 0.2) is 52.4 Å². The summed E-state index contributed by atoms with van der Waals surface area (Å²) >= 11 is 1.24. The van der Waals surface area contributed by atoms with Crippen molar-refractivity contribution in [2.45, 2.75) is 13.8 Å². The molecular formula is C21H22FN3O2S. The van der Waals surface area contributed by atoms with Crippen LogP contribution in [0, 0.1) is 5.82 Å². The SMILES string of the molecule is CCN(CC)c1ccc(/C=C2/SC(=Nc3ccc(F)cc3)NC2=O)c(OC)c1. The van der Waals surface area contributed by atoms with E-state index in [0.717, 1.165) is 24.3 Å². The number of thioether (sulfide) groups is 1. The predicted octanol–water partition coefficient (Wildman–Crippen LogP) is 4.57. The number of aliphatic imine (C=N–C) groups is 1. The fraction of sp³-hybridized carbons (Fsp3) is 0.238. The molecule has 2 aromatic carbocycles. The van der Waals surface area contributed by atoms with Crippen LogP contribution in [0.3, 0.4) is 0 Å². The van der Waals surface area contributed by atoms with Gasteiger partial charge in [-0.15, -0.1) is 0 Å². The van der Waals surface area contributed by atoms with Gasteiger partial charge in [0.25, 0.3) is 5.91 Å². The van der Waals surface area contributed by atoms with Crippen molar-refractivity contribution >= 4 is 40.3 Å². The van der Waals surface area contributed by atoms with E-state index >= 15 is 0 Å². The zero-order valence-electron chi connectivity index (χ0n) is 16.0. The highest BCUT2D eigenvalue weighted by atomic mass is 32.2. The van der Waals surface area contributed by atoms with Gasteiger partial charge in [0.1, 0.15) is 11.6 Å². The summed E-state index contributed by atoms with van der Waals surface area (Å²) in [7, 11) is 1.62. The Labute approximate surface area is 168 Å². The summed E-state index contributed by atoms with van der Waals surface area (Å²) in [6, 6.07) is 11.7. The van der Waals surface area contributed by atoms with Crippen LogP contribution in [-0.2, 0) is 4.79 Å². The highest BCUT2D eigenvalue weighted by molar-refractivity contribution is 8.18. The Morgan fingerprint density at radius 2 is 1.89 bits per heavy atom. The number of halogens is 1. The first-order chi connectivity index (χ1) is 13.5. The van der Waals surface area contributed by atoms with E-state index in [-0.39, 0.29) is 11.7 Å². The molecule has 0 spiro atoms. The molecule has 0 atom stereocenters. The van der Waals surface area contributed by atoms with Gasteiger partial charge in [-0.2, -0.15) is 0 Å². The minimum Gasteiger partial charge on any atom is -0.496 e. The van der Waals surface area contributed by atoms with Crippen LogP contribution in [0.1, 0.15) is 19.4 Å². The van der Waals surface area contributed by atoms with E-state index in [1.54, 1.807) is 25.3 Å². The number of nitrogens with one attached hydrogen (secondary N) is 1. The van der Waals surface area contributed by atoms with Crippen molar-refractivity contribution in [3.05, 3.63) is 58.8 Å². The second-order valence-electron chi connectivity index (χ2n) is 6.06. The van der Waals surface area contributed by atoms with Crippen molar-refractivity contribution in [2.75, 3.05) is 25.1 Å². The largest absolute Gasteiger partial charge is 0.496 e. The third kappa shape index (κ3) is 4.54. The maximum absolute atomic E-state index is 13.0. The Kier molecular flexibility index (Phi) is 6.36. The van der Waals surface area contributed by atoms with Gasteiger partial charge >= 0.3 is 0 Å². The maximum Gasteiger partial charge on any atom is 0.264 e. The maximum atomic E-state index is 13.0. The first-order valence-corrected chi connectivity index (χ1v) is 9.83. The number of ether oxygens (including phenoxy) is 1. The Bertz CT molecular complexity index is 922. The molecule has 1 fully saturated rings. The van der Waals surface area contributed by atoms with Crippen molar-refractivity contribution in [3.8, 4) is 5.75 Å². The first-order valence-electron chi connectivity index (χ1n) is 9.02. The topological polar surface area (TPSA) is 53.9 Å². The molecule has 28 heavy (non-hydrogen) atoms. The van der Waals surface area contributed by atoms with Crippen LogP contribution in [0.25, 0.3) is 6.08 Å². The van der Waals surface area contributed by atoms with Gasteiger partial charge in [-0.3, -0.25) is 4.79 Å². The summed E-state index contributed by atoms with van der Waals surface area (Å²) in [5, 5.41) is 3.20. The summed E-state index contributed by atoms with van der Waals surface area (Å²) in [6.45, 7) is 6.02. The van der Waals surface area contributed by atoms with Gasteiger partial charge in [0.05, 0.1) is 17.7 Å². The van der Waals surface area contributed by atoms with Crippen LogP contribution in [0.4, 0.5) is 15.8 Å². The summed E-state index contributed by atoms with van der Waals surface area (Å²) in [4.78, 5) is 19.4. The second-order valence-corrected chi connectivity index (χ2v) is 7.09. The number of hydrogen-bond acceptors (Lipinski definition) is 5. The number of nitrogens with zero attached hydrogens (tertiary/aromatic N) is 2. The molecule has 1 heterocycles. The van der Waals surface area contributed by atoms with Crippen molar-refractivity contribution in [1.82, 2.24) is 5.32 Å². The normalized spacial score (nSPS) is 16.5. The number of methoxy groups -OCH3 is 1. The lowest BCUT2D eigenvalue weighted by Gasteiger charge is -2.22. The number of amidine groups is 1. The second kappa shape index (κ2) is 8.93. The molecule has 1 N–H and O–H groups in total. The van der Waals surface area contributed by atoms with Crippen LogP contribution in [0.2, 0.25) is 0 Å². The Hall–Kier alpha value is -2.80. The number of anilines is 1. The van der Waals surface area contributed by atoms with Gasteiger partial charge in [0, 0.05) is 30.4 Å². The van der Waals surface area contributed by atoms with Gasteiger partial charge in [-0.1, -0.05) is 0 Å². The molecule has 1 aliphatic rings. The molecule has 0 radical (unpaired) electrons. The fourth-order valence-electron chi connectivity index (χ4n) is 2.86. The summed E-state index contributed by atoms with van der Waals surface area (Å²) in [6.07, 6.45) is 1.79. The zero-order valence-corrected chi connectivity index (χ0v) is 16.8. The number of rotatable bonds is 6. The van der Waals surface area contributed by atoms with Crippen LogP contribution in [0.5, 0.6) is 5.75 Å². The number of benzene rings is 2. The molecular weight excluding hydrogens is 377 g/mol. The first kappa shape index (κ1) is 19.9. The van der Waals surface area contributed by atoms with Crippen molar-refractivity contribution in [3.63, 3.8) is 0 Å². The monoisotopic (exact) mass is 399 g/mol. The highest BCUT2D eigenvalue weighted by Gasteiger charge is 2.24. The highest BCUT2D eigenvalue weighted by Crippen LogP contribution is 2.32. The van der Waals surface area contributed by atoms with Gasteiger partial charge in [-0.25, -0.2) is 9.38 Å². The fourth-order valence-corrected chi connectivity index (χ4v) is 3.69. The van der Waals surface area contributed by atoms with Gasteiger partial charge in [0.2, 0.25) is 0 Å². The number of hydrogen-bond donors (Lipinski definition) is 1. The Morgan fingerprint density at radius 1 is 1.18 bits per heavy atom. The molecule has 0 aliphatic carbocycles. The van der Waals surface area contributed by atoms with E-state index in [4.69, 9.17) is 4.74 Å². The molecule has 5 nitrogen and oxygen atoms in total. The lowest BCUT2D eigenvalue weighted by molar-refractivity contribution is -0.115. The molecule has 7 heteroatoms. The van der Waals surface area contributed by atoms with Crippen LogP contribution < -0.4 is 15.0 Å². The molecule has 0 saturated carbocycles. The van der Waals surface area contributed by atoms with Gasteiger partial charge in [-0.05, 0) is 68.1 Å². The lowest BCUT2D eigenvalue weighted by Crippen LogP contribution is -2.21. The molecule has 3 rings (SSSR count). The predicted molar refractivity (Wildman–Crippen MR) is 114 cm³/mol. The average Bonchev–Trinajstić information content (AvgIpc) is 3.04. The molecule has 0 unspecified atom stereocenters. The van der Waals surface area contributed by atoms with Crippen molar-refractivity contribution < 1.29 is 13.9 Å². The van der Waals surface area contributed by atoms with Crippen molar-refractivity contribution in [1.29, 1.82) is 0 Å². The molecule has 0 aromatic heterocycles. The average molecular weight is 399 g/mol. The minimum atomic E-state index is -0.326. The number of carbonyl (C=O) groups excluding carboxylic acids is 1. The summed E-state index contributed by atoms with van der Waals surface area (Å²) in [5.74, 6) is 0.155. The quantitative estimate of drug-likeness (QED) is 0.723. The van der Waals surface area contributed by atoms with E-state index < -0.39 is 0 Å². The molecule has 1 aliphatic heterocycles. The van der Waals surface area contributed by atoms with E-state index in [1.807, 2.05) is 18.2 Å². The number of carbonyl (C=O) groups is 1. The number of amides is 1. The Balaban J connectivity index is 1.85. The lowest BCUT2D eigenvalue weighted by atomic mass is 10.1. The van der Waals surface area contributed by atoms with E-state index in [2.05, 4.69) is 29.1 Å². The summed E-state index contributed by atoms with van der Waals surface area (Å²) in [5.41, 5.74) is 2.47. The smallest absolute Gasteiger partial charge is 0.264 e. The standard InChI is InChI=1S/C21H22FN3O2S/c1-4-25(5-2)17-11-6-14(18(13-17)27-3)12-19-20(26)24-21(28-19)23-16-9-7-15(22)8-10-16/h6-13H,4-5H2,1-3H3,(H,23,24,26)/b19-12+. The van der Waals surface area contributed by atoms with Gasteiger partial charge < -0.3 is 15.0 Å². The molecule has 146 valence electrons. The Morgan fingerprint density at radius 3 is 2.54 bits per heavy atom. The van der Waals surface area contributed by atoms with E-state index in [0.29, 0.717) is 21.5 Å². The third-order valence-electron chi connectivity index (χ3n) is 4.34. The minimum absolute atomic E-state index is 0.222.